The normalized spacial score (nSPS) is 15.1. The van der Waals surface area contributed by atoms with Gasteiger partial charge in [0.25, 0.3) is 0 Å². The maximum atomic E-state index is 13.3. The number of esters is 1. The molecule has 0 atom stereocenters. The quantitative estimate of drug-likeness (QED) is 0.637. The second kappa shape index (κ2) is 9.08. The molecule has 0 spiro atoms. The van der Waals surface area contributed by atoms with Gasteiger partial charge in [-0.1, -0.05) is 29.8 Å². The fraction of sp³-hybridized carbons (Fsp3) is 0.368. The van der Waals surface area contributed by atoms with E-state index in [1.165, 1.54) is 23.7 Å². The minimum atomic E-state index is -3.90. The molecule has 3 rings (SSSR count). The molecule has 8 nitrogen and oxygen atoms in total. The minimum Gasteiger partial charge on any atom is -0.465 e. The predicted molar refractivity (Wildman–Crippen MR) is 109 cm³/mol. The summed E-state index contributed by atoms with van der Waals surface area (Å²) in [6.45, 7) is 1.44. The summed E-state index contributed by atoms with van der Waals surface area (Å²) in [4.78, 5) is 17.9. The number of anilines is 1. The molecule has 0 aliphatic carbocycles. The molecule has 0 saturated carbocycles. The van der Waals surface area contributed by atoms with E-state index in [1.807, 2.05) is 18.2 Å². The lowest BCUT2D eigenvalue weighted by molar-refractivity contribution is 0.0600. The van der Waals surface area contributed by atoms with E-state index in [2.05, 4.69) is 4.98 Å². The number of benzene rings is 1. The van der Waals surface area contributed by atoms with Gasteiger partial charge in [-0.2, -0.15) is 4.31 Å². The highest BCUT2D eigenvalue weighted by Gasteiger charge is 2.31. The van der Waals surface area contributed by atoms with Crippen molar-refractivity contribution in [3.63, 3.8) is 0 Å². The molecule has 1 aromatic carbocycles. The van der Waals surface area contributed by atoms with Crippen molar-refractivity contribution in [3.05, 3.63) is 52.7 Å². The maximum absolute atomic E-state index is 13.3. The molecule has 1 aliphatic heterocycles. The topological polar surface area (TPSA) is 89.0 Å². The Labute approximate surface area is 175 Å². The van der Waals surface area contributed by atoms with Crippen LogP contribution in [0, 0.1) is 0 Å². The molecular weight excluding hydrogens is 418 g/mol. The molecule has 29 heavy (non-hydrogen) atoms. The van der Waals surface area contributed by atoms with Crippen LogP contribution in [0.2, 0.25) is 5.02 Å². The Morgan fingerprint density at radius 3 is 2.66 bits per heavy atom. The first-order valence-electron chi connectivity index (χ1n) is 8.95. The molecule has 2 heterocycles. The van der Waals surface area contributed by atoms with Gasteiger partial charge in [0, 0.05) is 37.9 Å². The van der Waals surface area contributed by atoms with Crippen molar-refractivity contribution in [2.24, 2.45) is 0 Å². The molecule has 1 saturated heterocycles. The monoisotopic (exact) mass is 439 g/mol. The number of hydrogen-bond acceptors (Lipinski definition) is 7. The van der Waals surface area contributed by atoms with Gasteiger partial charge in [-0.3, -0.25) is 0 Å². The van der Waals surface area contributed by atoms with Crippen LogP contribution in [0.25, 0.3) is 0 Å². The number of aromatic nitrogens is 1. The van der Waals surface area contributed by atoms with Gasteiger partial charge in [0.1, 0.15) is 10.7 Å². The number of ether oxygens (including phenoxy) is 2. The van der Waals surface area contributed by atoms with Gasteiger partial charge in [-0.15, -0.1) is 0 Å². The summed E-state index contributed by atoms with van der Waals surface area (Å²) in [5.41, 5.74) is 0.888. The van der Waals surface area contributed by atoms with Crippen LogP contribution < -0.4 is 4.90 Å². The van der Waals surface area contributed by atoms with Crippen LogP contribution >= 0.6 is 11.6 Å². The first kappa shape index (κ1) is 21.5. The van der Waals surface area contributed by atoms with Gasteiger partial charge in [-0.05, 0) is 17.7 Å². The number of pyridine rings is 1. The largest absolute Gasteiger partial charge is 0.465 e. The van der Waals surface area contributed by atoms with Crippen molar-refractivity contribution in [3.8, 4) is 0 Å². The van der Waals surface area contributed by atoms with Gasteiger partial charge in [0.05, 0.1) is 25.9 Å². The number of morpholine rings is 1. The summed E-state index contributed by atoms with van der Waals surface area (Å²) in [5, 5.41) is 0.572. The number of sulfonamides is 1. The van der Waals surface area contributed by atoms with Crippen molar-refractivity contribution in [2.75, 3.05) is 45.4 Å². The molecule has 1 aliphatic rings. The van der Waals surface area contributed by atoms with E-state index in [9.17, 15) is 13.2 Å². The van der Waals surface area contributed by atoms with Gasteiger partial charge < -0.3 is 14.4 Å². The van der Waals surface area contributed by atoms with Crippen LogP contribution in [0.15, 0.2) is 41.4 Å². The molecule has 10 heteroatoms. The fourth-order valence-corrected chi connectivity index (χ4v) is 4.85. The molecule has 156 valence electrons. The highest BCUT2D eigenvalue weighted by atomic mass is 35.5. The van der Waals surface area contributed by atoms with Crippen LogP contribution in [-0.2, 0) is 26.0 Å². The molecule has 2 aromatic rings. The number of methoxy groups -OCH3 is 1. The summed E-state index contributed by atoms with van der Waals surface area (Å²) in [5.74, 6) is -0.430. The van der Waals surface area contributed by atoms with Crippen molar-refractivity contribution < 1.29 is 22.7 Å². The Kier molecular flexibility index (Phi) is 6.74. The van der Waals surface area contributed by atoms with E-state index in [0.29, 0.717) is 24.8 Å². The molecule has 0 radical (unpaired) electrons. The van der Waals surface area contributed by atoms with Gasteiger partial charge in [-0.25, -0.2) is 18.2 Å². The summed E-state index contributed by atoms with van der Waals surface area (Å²) in [6.07, 6.45) is 1.31. The standard InChI is InChI=1S/C19H22ClN3O5S/c1-22(13-14-5-3-4-6-16(14)20)18-17(11-15(12-21-18)19(24)27-2)29(25,26)23-7-9-28-10-8-23/h3-6,11-12H,7-10,13H2,1-2H3. The molecule has 0 N–H and O–H groups in total. The predicted octanol–water partition coefficient (Wildman–Crippen LogP) is 2.18. The van der Waals surface area contributed by atoms with Crippen molar-refractivity contribution in [2.45, 2.75) is 11.4 Å². The average Bonchev–Trinajstić information content (AvgIpc) is 2.75. The van der Waals surface area contributed by atoms with Crippen LogP contribution in [0.4, 0.5) is 5.82 Å². The van der Waals surface area contributed by atoms with Crippen molar-refractivity contribution in [1.82, 2.24) is 9.29 Å². The zero-order valence-electron chi connectivity index (χ0n) is 16.2. The Morgan fingerprint density at radius 1 is 1.31 bits per heavy atom. The lowest BCUT2D eigenvalue weighted by Crippen LogP contribution is -2.41. The SMILES string of the molecule is COC(=O)c1cnc(N(C)Cc2ccccc2Cl)c(S(=O)(=O)N2CCOCC2)c1. The smallest absolute Gasteiger partial charge is 0.339 e. The molecule has 1 aromatic heterocycles. The van der Waals surface area contributed by atoms with E-state index in [-0.39, 0.29) is 29.4 Å². The first-order valence-corrected chi connectivity index (χ1v) is 10.8. The third-order valence-electron chi connectivity index (χ3n) is 4.57. The van der Waals surface area contributed by atoms with E-state index < -0.39 is 16.0 Å². The number of carbonyl (C=O) groups excluding carboxylic acids is 1. The van der Waals surface area contributed by atoms with Gasteiger partial charge >= 0.3 is 5.97 Å². The summed E-state index contributed by atoms with van der Waals surface area (Å²) >= 11 is 6.24. The van der Waals surface area contributed by atoms with Gasteiger partial charge in [0.2, 0.25) is 10.0 Å². The molecule has 0 unspecified atom stereocenters. The summed E-state index contributed by atoms with van der Waals surface area (Å²) in [6, 6.07) is 8.61. The summed E-state index contributed by atoms with van der Waals surface area (Å²) in [7, 11) is -0.940. The van der Waals surface area contributed by atoms with Crippen LogP contribution in [0.1, 0.15) is 15.9 Å². The number of nitrogens with zero attached hydrogens (tertiary/aromatic N) is 3. The Balaban J connectivity index is 2.04. The zero-order valence-corrected chi connectivity index (χ0v) is 17.7. The van der Waals surface area contributed by atoms with E-state index in [1.54, 1.807) is 18.0 Å². The third kappa shape index (κ3) is 4.69. The van der Waals surface area contributed by atoms with E-state index >= 15 is 0 Å². The van der Waals surface area contributed by atoms with Crippen molar-refractivity contribution in [1.29, 1.82) is 0 Å². The zero-order chi connectivity index (χ0) is 21.0. The maximum Gasteiger partial charge on any atom is 0.339 e. The van der Waals surface area contributed by atoms with E-state index in [0.717, 1.165) is 5.56 Å². The lowest BCUT2D eigenvalue weighted by Gasteiger charge is -2.28. The van der Waals surface area contributed by atoms with Crippen LogP contribution in [-0.4, -0.2) is 64.1 Å². The average molecular weight is 440 g/mol. The van der Waals surface area contributed by atoms with Crippen LogP contribution in [0.5, 0.6) is 0 Å². The van der Waals surface area contributed by atoms with Crippen LogP contribution in [0.3, 0.4) is 0 Å². The second-order valence-electron chi connectivity index (χ2n) is 6.50. The number of rotatable bonds is 6. The fourth-order valence-electron chi connectivity index (χ4n) is 3.03. The molecule has 0 bridgehead atoms. The Hall–Kier alpha value is -2.20. The second-order valence-corrected chi connectivity index (χ2v) is 8.81. The lowest BCUT2D eigenvalue weighted by atomic mass is 10.2. The van der Waals surface area contributed by atoms with Crippen molar-refractivity contribution >= 4 is 33.4 Å². The highest BCUT2D eigenvalue weighted by Crippen LogP contribution is 2.29. The molecular formula is C19H22ClN3O5S. The first-order chi connectivity index (χ1) is 13.8. The number of hydrogen-bond donors (Lipinski definition) is 0. The van der Waals surface area contributed by atoms with E-state index in [4.69, 9.17) is 21.1 Å². The Bertz CT molecular complexity index is 993. The third-order valence-corrected chi connectivity index (χ3v) is 6.84. The molecule has 1 fully saturated rings. The van der Waals surface area contributed by atoms with Gasteiger partial charge in [0.15, 0.2) is 0 Å². The number of carbonyl (C=O) groups is 1. The highest BCUT2D eigenvalue weighted by molar-refractivity contribution is 7.89. The summed E-state index contributed by atoms with van der Waals surface area (Å²) < 4.78 is 38.0. The minimum absolute atomic E-state index is 0.0585. The number of halogens is 1. The molecule has 0 amide bonds. The Morgan fingerprint density at radius 2 is 2.00 bits per heavy atom.